The van der Waals surface area contributed by atoms with E-state index < -0.39 is 0 Å². The summed E-state index contributed by atoms with van der Waals surface area (Å²) < 4.78 is 1.52. The van der Waals surface area contributed by atoms with Gasteiger partial charge in [-0.25, -0.2) is 4.98 Å². The third-order valence-electron chi connectivity index (χ3n) is 1.09. The second kappa shape index (κ2) is 1.51. The molecular formula is C5H4N4. The summed E-state index contributed by atoms with van der Waals surface area (Å²) in [4.78, 5) is 3.81. The van der Waals surface area contributed by atoms with E-state index in [2.05, 4.69) is 15.2 Å². The molecule has 4 nitrogen and oxygen atoms in total. The Kier molecular flexibility index (Phi) is 0.745. The molecule has 0 bridgehead atoms. The molecule has 0 aliphatic carbocycles. The number of aromatic nitrogens is 4. The quantitative estimate of drug-likeness (QED) is 0.496. The summed E-state index contributed by atoms with van der Waals surface area (Å²) in [6, 6.07) is 1.85. The van der Waals surface area contributed by atoms with Crippen LogP contribution in [0.5, 0.6) is 0 Å². The lowest BCUT2D eigenvalue weighted by Crippen LogP contribution is -1.91. The highest BCUT2D eigenvalue weighted by molar-refractivity contribution is 5.40. The lowest BCUT2D eigenvalue weighted by molar-refractivity contribution is 0.781. The van der Waals surface area contributed by atoms with Gasteiger partial charge in [-0.2, -0.15) is 5.10 Å². The van der Waals surface area contributed by atoms with Crippen molar-refractivity contribution in [3.8, 4) is 0 Å². The van der Waals surface area contributed by atoms with Gasteiger partial charge in [-0.1, -0.05) is 0 Å². The molecular weight excluding hydrogens is 116 g/mol. The van der Waals surface area contributed by atoms with Gasteiger partial charge in [-0.05, 0) is 6.07 Å². The minimum Gasteiger partial charge on any atom is -0.241 e. The molecule has 0 aliphatic heterocycles. The lowest BCUT2D eigenvalue weighted by atomic mass is 10.6. The van der Waals surface area contributed by atoms with Crippen LogP contribution in [0, 0.1) is 0 Å². The molecule has 2 heterocycles. The van der Waals surface area contributed by atoms with Gasteiger partial charge in [0.05, 0.1) is 12.4 Å². The smallest absolute Gasteiger partial charge is 0.138 e. The van der Waals surface area contributed by atoms with E-state index in [0.29, 0.717) is 0 Å². The van der Waals surface area contributed by atoms with E-state index in [1.807, 2.05) is 6.07 Å². The molecule has 2 rings (SSSR count). The van der Waals surface area contributed by atoms with Crippen LogP contribution in [0.4, 0.5) is 0 Å². The van der Waals surface area contributed by atoms with Crippen LogP contribution < -0.4 is 0 Å². The average Bonchev–Trinajstić information content (AvgIpc) is 2.33. The fourth-order valence-electron chi connectivity index (χ4n) is 0.686. The van der Waals surface area contributed by atoms with E-state index in [9.17, 15) is 0 Å². The third kappa shape index (κ3) is 0.561. The van der Waals surface area contributed by atoms with Gasteiger partial charge in [0.1, 0.15) is 11.8 Å². The van der Waals surface area contributed by atoms with Crippen LogP contribution >= 0.6 is 0 Å². The first kappa shape index (κ1) is 4.43. The Bertz CT molecular complexity index is 283. The van der Waals surface area contributed by atoms with E-state index in [4.69, 9.17) is 0 Å². The molecule has 44 valence electrons. The first-order chi connectivity index (χ1) is 4.47. The Hall–Kier alpha value is -1.45. The van der Waals surface area contributed by atoms with Gasteiger partial charge in [-0.3, -0.25) is 0 Å². The van der Waals surface area contributed by atoms with Crippen molar-refractivity contribution >= 4 is 5.52 Å². The van der Waals surface area contributed by atoms with Crippen LogP contribution in [0.2, 0.25) is 0 Å². The molecule has 0 N–H and O–H groups in total. The largest absolute Gasteiger partial charge is 0.241 e. The summed E-state index contributed by atoms with van der Waals surface area (Å²) in [7, 11) is 0. The van der Waals surface area contributed by atoms with E-state index in [1.165, 1.54) is 11.0 Å². The molecule has 2 aromatic heterocycles. The normalized spacial score (nSPS) is 10.2. The Morgan fingerprint density at radius 2 is 2.33 bits per heavy atom. The molecule has 0 amide bonds. The van der Waals surface area contributed by atoms with Gasteiger partial charge >= 0.3 is 0 Å². The molecule has 0 aromatic carbocycles. The van der Waals surface area contributed by atoms with Crippen LogP contribution in [0.1, 0.15) is 0 Å². The Morgan fingerprint density at radius 3 is 3.22 bits per heavy atom. The van der Waals surface area contributed by atoms with Gasteiger partial charge in [-0.15, -0.1) is 9.73 Å². The van der Waals surface area contributed by atoms with E-state index in [0.717, 1.165) is 5.52 Å². The minimum absolute atomic E-state index is 0.914. The fraction of sp³-hybridized carbons (Fsp3) is 0. The fourth-order valence-corrected chi connectivity index (χ4v) is 0.686. The molecule has 0 spiro atoms. The number of rotatable bonds is 0. The van der Waals surface area contributed by atoms with Crippen LogP contribution in [0.15, 0.2) is 24.8 Å². The molecule has 0 unspecified atom stereocenters. The summed E-state index contributed by atoms with van der Waals surface area (Å²) in [5.74, 6) is 0. The Morgan fingerprint density at radius 1 is 1.33 bits per heavy atom. The van der Waals surface area contributed by atoms with Crippen molar-refractivity contribution < 1.29 is 0 Å². The number of fused-ring (bicyclic) bond motifs is 1. The number of hydrogen-bond donors (Lipinski definition) is 0. The summed E-state index contributed by atoms with van der Waals surface area (Å²) >= 11 is 0. The topological polar surface area (TPSA) is 43.1 Å². The maximum Gasteiger partial charge on any atom is 0.138 e. The highest BCUT2D eigenvalue weighted by Gasteiger charge is 1.87. The predicted molar refractivity (Wildman–Crippen MR) is 30.8 cm³/mol. The van der Waals surface area contributed by atoms with E-state index in [-0.39, 0.29) is 0 Å². The highest BCUT2D eigenvalue weighted by Crippen LogP contribution is 1.92. The Labute approximate surface area is 51.1 Å². The van der Waals surface area contributed by atoms with Gasteiger partial charge in [0.25, 0.3) is 0 Å². The van der Waals surface area contributed by atoms with Crippen molar-refractivity contribution in [3.05, 3.63) is 24.8 Å². The second-order valence-corrected chi connectivity index (χ2v) is 1.65. The molecule has 0 aliphatic rings. The van der Waals surface area contributed by atoms with Crippen LogP contribution in [-0.4, -0.2) is 19.8 Å². The van der Waals surface area contributed by atoms with Crippen molar-refractivity contribution in [2.24, 2.45) is 0 Å². The second-order valence-electron chi connectivity index (χ2n) is 1.65. The zero-order valence-electron chi connectivity index (χ0n) is 4.60. The summed E-state index contributed by atoms with van der Waals surface area (Å²) in [5, 5.41) is 7.72. The minimum atomic E-state index is 0.914. The maximum atomic E-state index is 3.88. The summed E-state index contributed by atoms with van der Waals surface area (Å²) in [6.45, 7) is 0. The molecule has 0 saturated carbocycles. The monoisotopic (exact) mass is 120 g/mol. The zero-order valence-corrected chi connectivity index (χ0v) is 4.60. The summed E-state index contributed by atoms with van der Waals surface area (Å²) in [6.07, 6.45) is 4.85. The average molecular weight is 120 g/mol. The van der Waals surface area contributed by atoms with Crippen LogP contribution in [0.3, 0.4) is 0 Å². The molecule has 2 aromatic rings. The van der Waals surface area contributed by atoms with E-state index in [1.54, 1.807) is 12.4 Å². The SMILES string of the molecule is c1cc2cncnn2n1. The van der Waals surface area contributed by atoms with E-state index >= 15 is 0 Å². The molecule has 0 fully saturated rings. The van der Waals surface area contributed by atoms with Crippen LogP contribution in [0.25, 0.3) is 5.52 Å². The lowest BCUT2D eigenvalue weighted by Gasteiger charge is -1.84. The van der Waals surface area contributed by atoms with Crippen molar-refractivity contribution in [1.29, 1.82) is 0 Å². The molecule has 9 heavy (non-hydrogen) atoms. The van der Waals surface area contributed by atoms with Crippen molar-refractivity contribution in [1.82, 2.24) is 19.8 Å². The molecule has 0 atom stereocenters. The first-order valence-electron chi connectivity index (χ1n) is 2.57. The van der Waals surface area contributed by atoms with Crippen molar-refractivity contribution in [2.45, 2.75) is 0 Å². The standard InChI is InChI=1S/C5H4N4/c1-2-7-9-5(1)3-6-4-8-9/h1-4H. The van der Waals surface area contributed by atoms with Gasteiger partial charge in [0.2, 0.25) is 0 Å². The van der Waals surface area contributed by atoms with Gasteiger partial charge < -0.3 is 0 Å². The predicted octanol–water partition coefficient (Wildman–Crippen LogP) is 0.124. The molecule has 4 heteroatoms. The maximum absolute atomic E-state index is 3.88. The third-order valence-corrected chi connectivity index (χ3v) is 1.09. The van der Waals surface area contributed by atoms with Crippen molar-refractivity contribution in [2.75, 3.05) is 0 Å². The van der Waals surface area contributed by atoms with Gasteiger partial charge in [0.15, 0.2) is 0 Å². The Balaban J connectivity index is 2.95. The highest BCUT2D eigenvalue weighted by atomic mass is 15.4. The first-order valence-corrected chi connectivity index (χ1v) is 2.57. The summed E-state index contributed by atoms with van der Waals surface area (Å²) in [5.41, 5.74) is 0.914. The van der Waals surface area contributed by atoms with Crippen LogP contribution in [-0.2, 0) is 0 Å². The van der Waals surface area contributed by atoms with Gasteiger partial charge in [0, 0.05) is 0 Å². The molecule has 0 radical (unpaired) electrons. The van der Waals surface area contributed by atoms with Crippen molar-refractivity contribution in [3.63, 3.8) is 0 Å². The zero-order chi connectivity index (χ0) is 6.10. The number of nitrogens with zero attached hydrogens (tertiary/aromatic N) is 4. The molecule has 0 saturated heterocycles. The number of hydrogen-bond acceptors (Lipinski definition) is 3.